The van der Waals surface area contributed by atoms with Crippen LogP contribution in [0, 0.1) is 0 Å². The SMILES string of the molecule is Cn1ncnc1CC(=O)c1sccc1Cl. The zero-order chi connectivity index (χ0) is 10.8. The zero-order valence-electron chi connectivity index (χ0n) is 7.98. The minimum atomic E-state index is -0.0221. The summed E-state index contributed by atoms with van der Waals surface area (Å²) < 4.78 is 1.58. The lowest BCUT2D eigenvalue weighted by Gasteiger charge is -1.98. The number of halogens is 1. The van der Waals surface area contributed by atoms with E-state index in [0.717, 1.165) is 0 Å². The highest BCUT2D eigenvalue weighted by Crippen LogP contribution is 2.23. The molecule has 0 unspecified atom stereocenters. The molecule has 0 fully saturated rings. The van der Waals surface area contributed by atoms with Crippen LogP contribution in [0.4, 0.5) is 0 Å². The third-order valence-corrected chi connectivity index (χ3v) is 3.38. The molecule has 0 saturated heterocycles. The number of ketones is 1. The molecule has 0 spiro atoms. The van der Waals surface area contributed by atoms with Crippen molar-refractivity contribution in [2.75, 3.05) is 0 Å². The standard InChI is InChI=1S/C9H8ClN3OS/c1-13-8(11-5-12-13)4-7(14)9-6(10)2-3-15-9/h2-3,5H,4H2,1H3. The summed E-state index contributed by atoms with van der Waals surface area (Å²) in [5.41, 5.74) is 0. The summed E-state index contributed by atoms with van der Waals surface area (Å²) in [6.07, 6.45) is 1.66. The van der Waals surface area contributed by atoms with Crippen molar-refractivity contribution < 1.29 is 4.79 Å². The molecule has 0 bridgehead atoms. The van der Waals surface area contributed by atoms with E-state index in [9.17, 15) is 4.79 Å². The van der Waals surface area contributed by atoms with Crippen LogP contribution >= 0.6 is 22.9 Å². The average molecular weight is 242 g/mol. The third-order valence-electron chi connectivity index (χ3n) is 1.99. The Hall–Kier alpha value is -1.20. The third kappa shape index (κ3) is 2.08. The fourth-order valence-corrected chi connectivity index (χ4v) is 2.30. The summed E-state index contributed by atoms with van der Waals surface area (Å²) in [4.78, 5) is 16.4. The van der Waals surface area contributed by atoms with Crippen LogP contribution in [0.25, 0.3) is 0 Å². The van der Waals surface area contributed by atoms with E-state index in [1.165, 1.54) is 17.7 Å². The Morgan fingerprint density at radius 1 is 1.67 bits per heavy atom. The van der Waals surface area contributed by atoms with Crippen LogP contribution in [-0.4, -0.2) is 20.5 Å². The second kappa shape index (κ2) is 4.12. The van der Waals surface area contributed by atoms with Gasteiger partial charge in [0.15, 0.2) is 5.78 Å². The van der Waals surface area contributed by atoms with Crippen LogP contribution in [0.2, 0.25) is 5.02 Å². The number of hydrogen-bond acceptors (Lipinski definition) is 4. The predicted molar refractivity (Wildman–Crippen MR) is 58.4 cm³/mol. The van der Waals surface area contributed by atoms with Gasteiger partial charge in [-0.05, 0) is 11.4 Å². The summed E-state index contributed by atoms with van der Waals surface area (Å²) in [6.45, 7) is 0. The Morgan fingerprint density at radius 3 is 3.00 bits per heavy atom. The van der Waals surface area contributed by atoms with Crippen molar-refractivity contribution in [2.45, 2.75) is 6.42 Å². The largest absolute Gasteiger partial charge is 0.293 e. The number of carbonyl (C=O) groups is 1. The van der Waals surface area contributed by atoms with Crippen LogP contribution in [0.5, 0.6) is 0 Å². The number of aromatic nitrogens is 3. The number of thiophene rings is 1. The molecule has 0 aliphatic heterocycles. The van der Waals surface area contributed by atoms with Crippen LogP contribution in [0.1, 0.15) is 15.5 Å². The first-order valence-corrected chi connectivity index (χ1v) is 5.53. The maximum Gasteiger partial charge on any atom is 0.181 e. The molecule has 0 amide bonds. The predicted octanol–water partition coefficient (Wildman–Crippen LogP) is 1.96. The molecule has 4 nitrogen and oxygen atoms in total. The Labute approximate surface area is 95.5 Å². The molecule has 0 atom stereocenters. The van der Waals surface area contributed by atoms with Gasteiger partial charge in [-0.1, -0.05) is 11.6 Å². The number of aryl methyl sites for hydroxylation is 1. The lowest BCUT2D eigenvalue weighted by atomic mass is 10.2. The molecule has 0 aliphatic carbocycles. The van der Waals surface area contributed by atoms with E-state index in [0.29, 0.717) is 15.7 Å². The highest BCUT2D eigenvalue weighted by atomic mass is 35.5. The van der Waals surface area contributed by atoms with Crippen molar-refractivity contribution in [3.05, 3.63) is 33.5 Å². The van der Waals surface area contributed by atoms with Gasteiger partial charge < -0.3 is 0 Å². The molecular weight excluding hydrogens is 234 g/mol. The van der Waals surface area contributed by atoms with Gasteiger partial charge in [0, 0.05) is 7.05 Å². The molecule has 0 N–H and O–H groups in total. The fraction of sp³-hybridized carbons (Fsp3) is 0.222. The number of Topliss-reactive ketones (excluding diaryl/α,β-unsaturated/α-hetero) is 1. The maximum absolute atomic E-state index is 11.8. The molecule has 0 radical (unpaired) electrons. The van der Waals surface area contributed by atoms with Gasteiger partial charge >= 0.3 is 0 Å². The molecule has 0 aliphatic rings. The molecule has 0 aromatic carbocycles. The van der Waals surface area contributed by atoms with Crippen molar-refractivity contribution in [2.24, 2.45) is 7.05 Å². The number of rotatable bonds is 3. The number of carbonyl (C=O) groups excluding carboxylic acids is 1. The van der Waals surface area contributed by atoms with Gasteiger partial charge in [0.25, 0.3) is 0 Å². The van der Waals surface area contributed by atoms with E-state index in [2.05, 4.69) is 10.1 Å². The smallest absolute Gasteiger partial charge is 0.181 e. The molecule has 78 valence electrons. The van der Waals surface area contributed by atoms with Crippen molar-refractivity contribution in [1.82, 2.24) is 14.8 Å². The summed E-state index contributed by atoms with van der Waals surface area (Å²) in [7, 11) is 1.76. The molecular formula is C9H8ClN3OS. The monoisotopic (exact) mass is 241 g/mol. The minimum absolute atomic E-state index is 0.0221. The van der Waals surface area contributed by atoms with E-state index in [1.54, 1.807) is 23.2 Å². The van der Waals surface area contributed by atoms with Gasteiger partial charge in [0.05, 0.1) is 16.3 Å². The first-order chi connectivity index (χ1) is 7.18. The lowest BCUT2D eigenvalue weighted by molar-refractivity contribution is 0.0993. The topological polar surface area (TPSA) is 47.8 Å². The molecule has 2 aromatic heterocycles. The lowest BCUT2D eigenvalue weighted by Crippen LogP contribution is -2.08. The number of hydrogen-bond donors (Lipinski definition) is 0. The first-order valence-electron chi connectivity index (χ1n) is 4.27. The van der Waals surface area contributed by atoms with Gasteiger partial charge in [-0.15, -0.1) is 11.3 Å². The molecule has 6 heteroatoms. The maximum atomic E-state index is 11.8. The normalized spacial score (nSPS) is 10.5. The van der Waals surface area contributed by atoms with E-state index in [4.69, 9.17) is 11.6 Å². The average Bonchev–Trinajstić information content (AvgIpc) is 2.76. The van der Waals surface area contributed by atoms with Crippen molar-refractivity contribution >= 4 is 28.7 Å². The Balaban J connectivity index is 2.18. The van der Waals surface area contributed by atoms with Gasteiger partial charge in [0.1, 0.15) is 12.2 Å². The van der Waals surface area contributed by atoms with Gasteiger partial charge in [-0.25, -0.2) is 4.98 Å². The van der Waals surface area contributed by atoms with E-state index >= 15 is 0 Å². The molecule has 0 saturated carbocycles. The van der Waals surface area contributed by atoms with E-state index in [1.807, 2.05) is 0 Å². The van der Waals surface area contributed by atoms with E-state index < -0.39 is 0 Å². The second-order valence-corrected chi connectivity index (χ2v) is 4.32. The van der Waals surface area contributed by atoms with E-state index in [-0.39, 0.29) is 12.2 Å². The highest BCUT2D eigenvalue weighted by molar-refractivity contribution is 7.12. The van der Waals surface area contributed by atoms with Gasteiger partial charge in [-0.2, -0.15) is 5.10 Å². The zero-order valence-corrected chi connectivity index (χ0v) is 9.55. The molecule has 15 heavy (non-hydrogen) atoms. The van der Waals surface area contributed by atoms with Crippen LogP contribution in [0.15, 0.2) is 17.8 Å². The summed E-state index contributed by atoms with van der Waals surface area (Å²) >= 11 is 7.21. The fourth-order valence-electron chi connectivity index (χ4n) is 1.20. The van der Waals surface area contributed by atoms with Gasteiger partial charge in [-0.3, -0.25) is 9.48 Å². The minimum Gasteiger partial charge on any atom is -0.293 e. The van der Waals surface area contributed by atoms with Crippen LogP contribution in [-0.2, 0) is 13.5 Å². The summed E-state index contributed by atoms with van der Waals surface area (Å²) in [5.74, 6) is 0.621. The molecule has 2 heterocycles. The van der Waals surface area contributed by atoms with Crippen LogP contribution < -0.4 is 0 Å². The highest BCUT2D eigenvalue weighted by Gasteiger charge is 2.14. The Bertz CT molecular complexity index is 491. The Kier molecular flexibility index (Phi) is 2.83. The molecule has 2 rings (SSSR count). The van der Waals surface area contributed by atoms with Crippen molar-refractivity contribution in [1.29, 1.82) is 0 Å². The Morgan fingerprint density at radius 2 is 2.47 bits per heavy atom. The first kappa shape index (κ1) is 10.3. The quantitative estimate of drug-likeness (QED) is 0.772. The number of nitrogens with zero attached hydrogens (tertiary/aromatic N) is 3. The van der Waals surface area contributed by atoms with Crippen LogP contribution in [0.3, 0.4) is 0 Å². The summed E-state index contributed by atoms with van der Waals surface area (Å²) in [6, 6.07) is 1.72. The van der Waals surface area contributed by atoms with Crippen molar-refractivity contribution in [3.63, 3.8) is 0 Å². The second-order valence-electron chi connectivity index (χ2n) is 3.00. The molecule has 2 aromatic rings. The van der Waals surface area contributed by atoms with Crippen molar-refractivity contribution in [3.8, 4) is 0 Å². The van der Waals surface area contributed by atoms with Gasteiger partial charge in [0.2, 0.25) is 0 Å². The summed E-state index contributed by atoms with van der Waals surface area (Å²) in [5, 5.41) is 6.20.